The van der Waals surface area contributed by atoms with Gasteiger partial charge in [-0.2, -0.15) is 0 Å². The molecular weight excluding hydrogens is 430 g/mol. The molecule has 2 aromatic carbocycles. The van der Waals surface area contributed by atoms with Crippen LogP contribution in [0.15, 0.2) is 36.4 Å². The summed E-state index contributed by atoms with van der Waals surface area (Å²) in [5.74, 6) is 0.295. The highest BCUT2D eigenvalue weighted by atomic mass is 32.1. The van der Waals surface area contributed by atoms with Gasteiger partial charge >= 0.3 is 0 Å². The molecule has 168 valence electrons. The smallest absolute Gasteiger partial charge is 0.255 e. The molecule has 1 aromatic heterocycles. The van der Waals surface area contributed by atoms with Crippen molar-refractivity contribution in [2.24, 2.45) is 5.73 Å². The van der Waals surface area contributed by atoms with Crippen molar-refractivity contribution in [2.75, 3.05) is 33.9 Å². The zero-order valence-electron chi connectivity index (χ0n) is 18.0. The molecule has 1 fully saturated rings. The molecule has 8 nitrogen and oxygen atoms in total. The number of carbonyl (C=O) groups is 2. The van der Waals surface area contributed by atoms with Gasteiger partial charge < -0.3 is 24.8 Å². The Labute approximate surface area is 189 Å². The van der Waals surface area contributed by atoms with Gasteiger partial charge in [0.2, 0.25) is 5.75 Å². The highest BCUT2D eigenvalue weighted by Gasteiger charge is 2.29. The molecule has 1 unspecified atom stereocenters. The lowest BCUT2D eigenvalue weighted by atomic mass is 9.98. The zero-order valence-corrected chi connectivity index (χ0v) is 18.8. The second kappa shape index (κ2) is 9.44. The monoisotopic (exact) mass is 455 g/mol. The van der Waals surface area contributed by atoms with Crippen LogP contribution in [-0.4, -0.2) is 55.6 Å². The van der Waals surface area contributed by atoms with E-state index in [0.29, 0.717) is 30.2 Å². The fourth-order valence-electron chi connectivity index (χ4n) is 3.90. The largest absolute Gasteiger partial charge is 0.493 e. The first-order chi connectivity index (χ1) is 15.5. The number of aromatic nitrogens is 1. The Morgan fingerprint density at radius 2 is 1.91 bits per heavy atom. The summed E-state index contributed by atoms with van der Waals surface area (Å²) in [4.78, 5) is 31.1. The third-order valence-corrected chi connectivity index (χ3v) is 6.63. The van der Waals surface area contributed by atoms with E-state index >= 15 is 0 Å². The first-order valence-electron chi connectivity index (χ1n) is 10.3. The van der Waals surface area contributed by atoms with Gasteiger partial charge in [0.1, 0.15) is 0 Å². The van der Waals surface area contributed by atoms with Crippen LogP contribution in [0.5, 0.6) is 17.2 Å². The Morgan fingerprint density at radius 3 is 2.56 bits per heavy atom. The van der Waals surface area contributed by atoms with Crippen LogP contribution in [0.3, 0.4) is 0 Å². The lowest BCUT2D eigenvalue weighted by Crippen LogP contribution is -2.39. The summed E-state index contributed by atoms with van der Waals surface area (Å²) < 4.78 is 17.4. The normalized spacial score (nSPS) is 16.1. The van der Waals surface area contributed by atoms with E-state index in [9.17, 15) is 9.59 Å². The number of amides is 2. The number of nitrogens with two attached hydrogens (primary N) is 1. The van der Waals surface area contributed by atoms with Crippen molar-refractivity contribution in [3.63, 3.8) is 0 Å². The number of ether oxygens (including phenoxy) is 3. The molecule has 2 heterocycles. The average Bonchev–Trinajstić information content (AvgIpc) is 3.26. The molecule has 0 radical (unpaired) electrons. The van der Waals surface area contributed by atoms with Gasteiger partial charge in [0.05, 0.1) is 29.4 Å². The van der Waals surface area contributed by atoms with Gasteiger partial charge in [-0.25, -0.2) is 4.98 Å². The van der Waals surface area contributed by atoms with Crippen molar-refractivity contribution < 1.29 is 23.8 Å². The van der Waals surface area contributed by atoms with Crippen molar-refractivity contribution in [1.82, 2.24) is 9.88 Å². The Balaban J connectivity index is 1.56. The molecule has 0 bridgehead atoms. The van der Waals surface area contributed by atoms with Crippen LogP contribution in [-0.2, 0) is 4.79 Å². The van der Waals surface area contributed by atoms with Crippen LogP contribution in [0.2, 0.25) is 0 Å². The molecule has 0 saturated carbocycles. The molecule has 0 spiro atoms. The second-order valence-electron chi connectivity index (χ2n) is 7.58. The lowest BCUT2D eigenvalue weighted by Gasteiger charge is -2.32. The van der Waals surface area contributed by atoms with Crippen LogP contribution < -0.4 is 19.9 Å². The maximum absolute atomic E-state index is 13.3. The minimum atomic E-state index is -0.622. The third-order valence-electron chi connectivity index (χ3n) is 5.43. The van der Waals surface area contributed by atoms with Crippen molar-refractivity contribution in [3.8, 4) is 17.2 Å². The highest BCUT2D eigenvalue weighted by molar-refractivity contribution is 7.18. The molecule has 3 aromatic rings. The van der Waals surface area contributed by atoms with Crippen LogP contribution in [0, 0.1) is 0 Å². The Hall–Kier alpha value is -3.33. The maximum Gasteiger partial charge on any atom is 0.255 e. The zero-order chi connectivity index (χ0) is 22.7. The van der Waals surface area contributed by atoms with Crippen LogP contribution in [0.1, 0.15) is 34.1 Å². The summed E-state index contributed by atoms with van der Waals surface area (Å²) in [6, 6.07) is 11.3. The predicted molar refractivity (Wildman–Crippen MR) is 122 cm³/mol. The number of thiazole rings is 1. The molecule has 1 aliphatic heterocycles. The van der Waals surface area contributed by atoms with Crippen molar-refractivity contribution in [1.29, 1.82) is 0 Å². The number of hydrogen-bond donors (Lipinski definition) is 1. The first-order valence-corrected chi connectivity index (χ1v) is 11.1. The molecule has 1 saturated heterocycles. The Kier molecular flexibility index (Phi) is 6.45. The van der Waals surface area contributed by atoms with Crippen LogP contribution in [0.4, 0.5) is 0 Å². The summed E-state index contributed by atoms with van der Waals surface area (Å²) in [6.45, 7) is 0.948. The van der Waals surface area contributed by atoms with E-state index in [1.165, 1.54) is 14.2 Å². The molecule has 0 aliphatic carbocycles. The van der Waals surface area contributed by atoms with E-state index in [0.717, 1.165) is 28.1 Å². The number of nitrogens with zero attached hydrogens (tertiary/aromatic N) is 2. The molecule has 32 heavy (non-hydrogen) atoms. The summed E-state index contributed by atoms with van der Waals surface area (Å²) in [5.41, 5.74) is 6.60. The highest BCUT2D eigenvalue weighted by Crippen LogP contribution is 2.39. The van der Waals surface area contributed by atoms with Gasteiger partial charge in [-0.1, -0.05) is 12.1 Å². The number of rotatable bonds is 7. The van der Waals surface area contributed by atoms with E-state index in [4.69, 9.17) is 24.9 Å². The van der Waals surface area contributed by atoms with E-state index in [2.05, 4.69) is 6.07 Å². The number of para-hydroxylation sites is 1. The first kappa shape index (κ1) is 21.9. The third kappa shape index (κ3) is 4.47. The molecule has 1 aliphatic rings. The molecular formula is C23H25N3O5S. The fourth-order valence-corrected chi connectivity index (χ4v) is 4.99. The van der Waals surface area contributed by atoms with Crippen molar-refractivity contribution in [3.05, 3.63) is 47.0 Å². The standard InChI is InChI=1S/C23H25N3O5S/c1-29-17-10-15(11-18(30-2)21(17)31-13-20(24)27)23(28)26-9-5-6-14(12-26)22-25-16-7-3-4-8-19(16)32-22/h3-4,7-8,10-11,14H,5-6,9,12-13H2,1-2H3,(H2,24,27). The van der Waals surface area contributed by atoms with Gasteiger partial charge in [-0.3, -0.25) is 9.59 Å². The SMILES string of the molecule is COc1cc(C(=O)N2CCCC(c3nc4ccccc4s3)C2)cc(OC)c1OCC(N)=O. The number of primary amides is 1. The quantitative estimate of drug-likeness (QED) is 0.587. The van der Waals surface area contributed by atoms with Crippen molar-refractivity contribution in [2.45, 2.75) is 18.8 Å². The number of likely N-dealkylation sites (tertiary alicyclic amines) is 1. The molecule has 9 heteroatoms. The number of methoxy groups -OCH3 is 2. The number of benzene rings is 2. The lowest BCUT2D eigenvalue weighted by molar-refractivity contribution is -0.120. The van der Waals surface area contributed by atoms with Crippen molar-refractivity contribution >= 4 is 33.4 Å². The second-order valence-corrected chi connectivity index (χ2v) is 8.64. The molecule has 2 N–H and O–H groups in total. The van der Waals surface area contributed by atoms with Crippen LogP contribution in [0.25, 0.3) is 10.2 Å². The molecule has 4 rings (SSSR count). The van der Waals surface area contributed by atoms with Gasteiger partial charge in [0.15, 0.2) is 18.1 Å². The average molecular weight is 456 g/mol. The van der Waals surface area contributed by atoms with Gasteiger partial charge in [-0.05, 0) is 37.1 Å². The van der Waals surface area contributed by atoms with E-state index in [-0.39, 0.29) is 24.2 Å². The number of hydrogen-bond acceptors (Lipinski definition) is 7. The van der Waals surface area contributed by atoms with Gasteiger partial charge in [-0.15, -0.1) is 11.3 Å². The molecule has 1 atom stereocenters. The fraction of sp³-hybridized carbons (Fsp3) is 0.348. The number of piperidine rings is 1. The topological polar surface area (TPSA) is 104 Å². The molecule has 2 amide bonds. The Bertz CT molecular complexity index is 1090. The van der Waals surface area contributed by atoms with Gasteiger partial charge in [0, 0.05) is 24.6 Å². The summed E-state index contributed by atoms with van der Waals surface area (Å²) in [6.07, 6.45) is 1.90. The summed E-state index contributed by atoms with van der Waals surface area (Å²) >= 11 is 1.69. The minimum Gasteiger partial charge on any atom is -0.493 e. The summed E-state index contributed by atoms with van der Waals surface area (Å²) in [5, 5.41) is 1.06. The number of fused-ring (bicyclic) bond motifs is 1. The van der Waals surface area contributed by atoms with Crippen LogP contribution >= 0.6 is 11.3 Å². The van der Waals surface area contributed by atoms with E-state index in [1.807, 2.05) is 23.1 Å². The maximum atomic E-state index is 13.3. The Morgan fingerprint density at radius 1 is 1.19 bits per heavy atom. The number of carbonyl (C=O) groups excluding carboxylic acids is 2. The van der Waals surface area contributed by atoms with Gasteiger partial charge in [0.25, 0.3) is 11.8 Å². The minimum absolute atomic E-state index is 0.117. The predicted octanol–water partition coefficient (Wildman–Crippen LogP) is 3.20. The summed E-state index contributed by atoms with van der Waals surface area (Å²) in [7, 11) is 2.93. The van der Waals surface area contributed by atoms with E-state index < -0.39 is 5.91 Å². The van der Waals surface area contributed by atoms with E-state index in [1.54, 1.807) is 23.5 Å².